The molecule has 0 amide bonds. The molecule has 0 heterocycles. The molecule has 2 aromatic carbocycles. The van der Waals surface area contributed by atoms with Crippen molar-refractivity contribution in [1.82, 2.24) is 4.90 Å². The smallest absolute Gasteiger partial charge is 0.129 e. The van der Waals surface area contributed by atoms with E-state index in [1.807, 2.05) is 37.3 Å². The molecule has 1 unspecified atom stereocenters. The molecule has 0 aliphatic carbocycles. The Hall–Kier alpha value is -1.23. The Morgan fingerprint density at radius 1 is 1.19 bits per heavy atom. The van der Waals surface area contributed by atoms with E-state index in [1.54, 1.807) is 0 Å². The van der Waals surface area contributed by atoms with Gasteiger partial charge in [0.2, 0.25) is 0 Å². The lowest BCUT2D eigenvalue weighted by molar-refractivity contribution is 0.203. The molecule has 2 rings (SSSR count). The summed E-state index contributed by atoms with van der Waals surface area (Å²) in [4.78, 5) is 2.20. The van der Waals surface area contributed by atoms with E-state index in [4.69, 9.17) is 5.73 Å². The lowest BCUT2D eigenvalue weighted by atomic mass is 10.1. The molecule has 0 spiro atoms. The maximum Gasteiger partial charge on any atom is 0.129 e. The van der Waals surface area contributed by atoms with Crippen LogP contribution in [0.2, 0.25) is 0 Å². The van der Waals surface area contributed by atoms with Gasteiger partial charge in [-0.25, -0.2) is 4.39 Å². The topological polar surface area (TPSA) is 29.3 Å². The predicted octanol–water partition coefficient (Wildman–Crippen LogP) is 4.11. The van der Waals surface area contributed by atoms with Crippen molar-refractivity contribution < 1.29 is 4.39 Å². The van der Waals surface area contributed by atoms with E-state index >= 15 is 0 Å². The minimum Gasteiger partial charge on any atom is -0.329 e. The normalized spacial score (nSPS) is 12.6. The fourth-order valence-electron chi connectivity index (χ4n) is 2.43. The van der Waals surface area contributed by atoms with Crippen molar-refractivity contribution in [2.24, 2.45) is 5.73 Å². The standard InChI is InChI=1S/C17H20BrFN2/c1-13(16-8-7-15(18)11-17(16)19)21(10-9-20)12-14-5-3-2-4-6-14/h2-8,11,13H,9-10,12,20H2,1H3. The highest BCUT2D eigenvalue weighted by molar-refractivity contribution is 9.10. The highest BCUT2D eigenvalue weighted by atomic mass is 79.9. The first kappa shape index (κ1) is 16.1. The second-order valence-corrected chi connectivity index (χ2v) is 6.00. The summed E-state index contributed by atoms with van der Waals surface area (Å²) in [6.45, 7) is 4.06. The van der Waals surface area contributed by atoms with Gasteiger partial charge in [-0.1, -0.05) is 52.3 Å². The Bertz CT molecular complexity index is 574. The first-order chi connectivity index (χ1) is 10.1. The van der Waals surface area contributed by atoms with E-state index < -0.39 is 0 Å². The summed E-state index contributed by atoms with van der Waals surface area (Å²) in [6.07, 6.45) is 0. The SMILES string of the molecule is CC(c1ccc(Br)cc1F)N(CCN)Cc1ccccc1. The molecule has 0 aliphatic rings. The average Bonchev–Trinajstić information content (AvgIpc) is 2.47. The minimum absolute atomic E-state index is 0.0261. The first-order valence-corrected chi connectivity index (χ1v) is 7.84. The summed E-state index contributed by atoms with van der Waals surface area (Å²) < 4.78 is 14.9. The Morgan fingerprint density at radius 2 is 1.90 bits per heavy atom. The van der Waals surface area contributed by atoms with Crippen molar-refractivity contribution in [2.75, 3.05) is 13.1 Å². The number of hydrogen-bond acceptors (Lipinski definition) is 2. The zero-order valence-electron chi connectivity index (χ0n) is 12.1. The van der Waals surface area contributed by atoms with Crippen LogP contribution in [0.1, 0.15) is 24.1 Å². The molecule has 4 heteroatoms. The molecule has 0 saturated carbocycles. The van der Waals surface area contributed by atoms with E-state index in [2.05, 4.69) is 33.0 Å². The molecule has 2 aromatic rings. The maximum absolute atomic E-state index is 14.2. The lowest BCUT2D eigenvalue weighted by Gasteiger charge is -2.29. The lowest BCUT2D eigenvalue weighted by Crippen LogP contribution is -2.32. The van der Waals surface area contributed by atoms with Crippen LogP contribution in [0.5, 0.6) is 0 Å². The molecule has 1 atom stereocenters. The van der Waals surface area contributed by atoms with Crippen LogP contribution in [0.4, 0.5) is 4.39 Å². The first-order valence-electron chi connectivity index (χ1n) is 7.05. The highest BCUT2D eigenvalue weighted by Crippen LogP contribution is 2.26. The van der Waals surface area contributed by atoms with Gasteiger partial charge in [0.1, 0.15) is 5.82 Å². The molecule has 2 nitrogen and oxygen atoms in total. The summed E-state index contributed by atoms with van der Waals surface area (Å²) >= 11 is 3.29. The van der Waals surface area contributed by atoms with Crippen LogP contribution in [0.3, 0.4) is 0 Å². The van der Waals surface area contributed by atoms with Crippen molar-refractivity contribution in [3.8, 4) is 0 Å². The van der Waals surface area contributed by atoms with Crippen LogP contribution in [0.25, 0.3) is 0 Å². The summed E-state index contributed by atoms with van der Waals surface area (Å²) in [5.74, 6) is -0.188. The van der Waals surface area contributed by atoms with Crippen molar-refractivity contribution in [3.63, 3.8) is 0 Å². The van der Waals surface area contributed by atoms with Gasteiger partial charge in [0.25, 0.3) is 0 Å². The van der Waals surface area contributed by atoms with Crippen molar-refractivity contribution in [2.45, 2.75) is 19.5 Å². The summed E-state index contributed by atoms with van der Waals surface area (Å²) in [6, 6.07) is 15.4. The largest absolute Gasteiger partial charge is 0.329 e. The monoisotopic (exact) mass is 350 g/mol. The molecule has 112 valence electrons. The van der Waals surface area contributed by atoms with E-state index in [-0.39, 0.29) is 11.9 Å². The fraction of sp³-hybridized carbons (Fsp3) is 0.294. The van der Waals surface area contributed by atoms with Gasteiger partial charge in [0.15, 0.2) is 0 Å². The third-order valence-electron chi connectivity index (χ3n) is 3.61. The molecule has 21 heavy (non-hydrogen) atoms. The van der Waals surface area contributed by atoms with Crippen LogP contribution < -0.4 is 5.73 Å². The predicted molar refractivity (Wildman–Crippen MR) is 88.4 cm³/mol. The number of halogens is 2. The van der Waals surface area contributed by atoms with Gasteiger partial charge in [-0.05, 0) is 24.6 Å². The number of benzene rings is 2. The Labute approximate surface area is 133 Å². The molecule has 0 saturated heterocycles. The Morgan fingerprint density at radius 3 is 2.52 bits per heavy atom. The molecular formula is C17H20BrFN2. The molecule has 2 N–H and O–H groups in total. The van der Waals surface area contributed by atoms with Gasteiger partial charge in [0.05, 0.1) is 0 Å². The van der Waals surface area contributed by atoms with Gasteiger partial charge in [-0.3, -0.25) is 4.90 Å². The van der Waals surface area contributed by atoms with Crippen LogP contribution in [0.15, 0.2) is 53.0 Å². The summed E-state index contributed by atoms with van der Waals surface area (Å²) in [5, 5.41) is 0. The van der Waals surface area contributed by atoms with Gasteiger partial charge in [-0.15, -0.1) is 0 Å². The number of nitrogens with two attached hydrogens (primary N) is 1. The van der Waals surface area contributed by atoms with E-state index in [0.717, 1.165) is 17.6 Å². The molecule has 0 bridgehead atoms. The maximum atomic E-state index is 14.2. The zero-order valence-corrected chi connectivity index (χ0v) is 13.7. The summed E-state index contributed by atoms with van der Waals surface area (Å²) in [5.41, 5.74) is 7.62. The van der Waals surface area contributed by atoms with Gasteiger partial charge in [0, 0.05) is 35.7 Å². The van der Waals surface area contributed by atoms with Crippen LogP contribution in [-0.4, -0.2) is 18.0 Å². The van der Waals surface area contributed by atoms with E-state index in [9.17, 15) is 4.39 Å². The molecule has 0 aliphatic heterocycles. The van der Waals surface area contributed by atoms with Gasteiger partial charge in [-0.2, -0.15) is 0 Å². The second-order valence-electron chi connectivity index (χ2n) is 5.09. The average molecular weight is 351 g/mol. The molecule has 0 fully saturated rings. The van der Waals surface area contributed by atoms with Gasteiger partial charge >= 0.3 is 0 Å². The highest BCUT2D eigenvalue weighted by Gasteiger charge is 2.18. The quantitative estimate of drug-likeness (QED) is 0.849. The molecule has 0 aromatic heterocycles. The fourth-order valence-corrected chi connectivity index (χ4v) is 2.76. The minimum atomic E-state index is -0.188. The third kappa shape index (κ3) is 4.37. The number of nitrogens with zero attached hydrogens (tertiary/aromatic N) is 1. The Kier molecular flexibility index (Phi) is 5.91. The van der Waals surface area contributed by atoms with Gasteiger partial charge < -0.3 is 5.73 Å². The van der Waals surface area contributed by atoms with Crippen LogP contribution in [-0.2, 0) is 6.54 Å². The van der Waals surface area contributed by atoms with Crippen LogP contribution in [0, 0.1) is 5.82 Å². The number of rotatable bonds is 6. The van der Waals surface area contributed by atoms with Crippen molar-refractivity contribution in [3.05, 3.63) is 69.9 Å². The van der Waals surface area contributed by atoms with Crippen molar-refractivity contribution in [1.29, 1.82) is 0 Å². The second kappa shape index (κ2) is 7.69. The summed E-state index contributed by atoms with van der Waals surface area (Å²) in [7, 11) is 0. The zero-order chi connectivity index (χ0) is 15.2. The van der Waals surface area contributed by atoms with E-state index in [1.165, 1.54) is 11.6 Å². The van der Waals surface area contributed by atoms with E-state index in [0.29, 0.717) is 12.1 Å². The molecular weight excluding hydrogens is 331 g/mol. The number of hydrogen-bond donors (Lipinski definition) is 1. The van der Waals surface area contributed by atoms with Crippen LogP contribution >= 0.6 is 15.9 Å². The third-order valence-corrected chi connectivity index (χ3v) is 4.10. The van der Waals surface area contributed by atoms with Crippen molar-refractivity contribution >= 4 is 15.9 Å². The Balaban J connectivity index is 2.20. The molecule has 0 radical (unpaired) electrons.